The summed E-state index contributed by atoms with van der Waals surface area (Å²) in [6, 6.07) is 3.39. The van der Waals surface area contributed by atoms with Crippen LogP contribution in [0.1, 0.15) is 56.4 Å². The average molecular weight is 657 g/mol. The van der Waals surface area contributed by atoms with Crippen LogP contribution in [0, 0.1) is 5.82 Å². The molecule has 2 bridgehead atoms. The number of anilines is 1. The van der Waals surface area contributed by atoms with Crippen LogP contribution >= 0.6 is 11.6 Å². The third kappa shape index (κ3) is 6.01. The van der Waals surface area contributed by atoms with Gasteiger partial charge in [0.25, 0.3) is 0 Å². The van der Waals surface area contributed by atoms with Crippen LogP contribution in [0.4, 0.5) is 15.0 Å². The van der Waals surface area contributed by atoms with Crippen LogP contribution in [0.25, 0.3) is 22.2 Å². The van der Waals surface area contributed by atoms with E-state index in [9.17, 15) is 15.0 Å². The molecular formula is C32H38ClFN6O6. The number of benzene rings is 1. The van der Waals surface area contributed by atoms with Gasteiger partial charge in [-0.25, -0.2) is 9.18 Å². The SMILES string of the molecule is COCOc1cc(Cl)c(C2CC2)c(-c2ncc3c(N4CC5CCC(C4)N5C(=O)O)nc(OC[C@@H]4CC[C@@H](CCO)N4)nc3c2F)c1. The number of carbonyl (C=O) groups is 1. The molecule has 3 aliphatic heterocycles. The van der Waals surface area contributed by atoms with Crippen LogP contribution < -0.4 is 19.7 Å². The van der Waals surface area contributed by atoms with Gasteiger partial charge < -0.3 is 34.6 Å². The molecule has 3 saturated heterocycles. The van der Waals surface area contributed by atoms with E-state index in [0.717, 1.165) is 44.1 Å². The molecule has 1 saturated carbocycles. The summed E-state index contributed by atoms with van der Waals surface area (Å²) in [5.41, 5.74) is 1.54. The highest BCUT2D eigenvalue weighted by molar-refractivity contribution is 6.32. The number of amides is 1. The van der Waals surface area contributed by atoms with E-state index in [1.165, 1.54) is 12.0 Å². The number of carboxylic acid groups (broad SMARTS) is 1. The van der Waals surface area contributed by atoms with E-state index in [1.807, 2.05) is 4.90 Å². The topological polar surface area (TPSA) is 142 Å². The summed E-state index contributed by atoms with van der Waals surface area (Å²) in [6.45, 7) is 1.25. The van der Waals surface area contributed by atoms with Gasteiger partial charge in [-0.2, -0.15) is 9.97 Å². The first-order valence-electron chi connectivity index (χ1n) is 15.9. The number of pyridine rings is 1. The number of hydrogen-bond donors (Lipinski definition) is 3. The molecule has 7 rings (SSSR count). The first-order valence-corrected chi connectivity index (χ1v) is 16.3. The van der Waals surface area contributed by atoms with Gasteiger partial charge in [-0.3, -0.25) is 9.88 Å². The Labute approximate surface area is 270 Å². The zero-order valence-electron chi connectivity index (χ0n) is 25.6. The van der Waals surface area contributed by atoms with Crippen molar-refractivity contribution in [3.05, 3.63) is 34.7 Å². The largest absolute Gasteiger partial charge is 0.467 e. The van der Waals surface area contributed by atoms with E-state index in [-0.39, 0.29) is 67.3 Å². The van der Waals surface area contributed by atoms with E-state index >= 15 is 4.39 Å². The summed E-state index contributed by atoms with van der Waals surface area (Å²) in [5, 5.41) is 23.5. The van der Waals surface area contributed by atoms with Gasteiger partial charge in [-0.15, -0.1) is 0 Å². The highest BCUT2D eigenvalue weighted by Crippen LogP contribution is 2.49. The Balaban J connectivity index is 1.29. The fourth-order valence-electron chi connectivity index (χ4n) is 7.28. The minimum atomic E-state index is -0.925. The predicted molar refractivity (Wildman–Crippen MR) is 168 cm³/mol. The summed E-state index contributed by atoms with van der Waals surface area (Å²) in [5.74, 6) is 0.484. The van der Waals surface area contributed by atoms with Gasteiger partial charge in [-0.1, -0.05) is 11.6 Å². The number of aliphatic hydroxyl groups is 1. The van der Waals surface area contributed by atoms with Crippen molar-refractivity contribution in [1.82, 2.24) is 25.2 Å². The van der Waals surface area contributed by atoms with Crippen molar-refractivity contribution < 1.29 is 33.6 Å². The molecule has 2 unspecified atom stereocenters. The van der Waals surface area contributed by atoms with Gasteiger partial charge in [0.15, 0.2) is 12.6 Å². The first kappa shape index (κ1) is 31.1. The summed E-state index contributed by atoms with van der Waals surface area (Å²) >= 11 is 6.73. The lowest BCUT2D eigenvalue weighted by Gasteiger charge is -2.40. The number of piperazine rings is 1. The molecule has 0 radical (unpaired) electrons. The lowest BCUT2D eigenvalue weighted by atomic mass is 9.98. The molecule has 12 nitrogen and oxygen atoms in total. The van der Waals surface area contributed by atoms with Crippen molar-refractivity contribution in [2.75, 3.05) is 45.1 Å². The van der Waals surface area contributed by atoms with Crippen LogP contribution in [0.5, 0.6) is 11.8 Å². The molecule has 14 heteroatoms. The normalized spacial score (nSPS) is 24.2. The van der Waals surface area contributed by atoms with Gasteiger partial charge in [0.05, 0.1) is 17.5 Å². The number of aromatic nitrogens is 3. The zero-order chi connectivity index (χ0) is 31.9. The second-order valence-corrected chi connectivity index (χ2v) is 13.1. The molecule has 0 spiro atoms. The monoisotopic (exact) mass is 656 g/mol. The highest BCUT2D eigenvalue weighted by Gasteiger charge is 2.43. The Morgan fingerprint density at radius 3 is 2.54 bits per heavy atom. The maximum Gasteiger partial charge on any atom is 0.407 e. The third-order valence-electron chi connectivity index (χ3n) is 9.56. The zero-order valence-corrected chi connectivity index (χ0v) is 26.4. The van der Waals surface area contributed by atoms with Gasteiger partial charge in [0.1, 0.15) is 29.4 Å². The van der Waals surface area contributed by atoms with Crippen molar-refractivity contribution in [2.45, 2.75) is 75.0 Å². The summed E-state index contributed by atoms with van der Waals surface area (Å²) < 4.78 is 33.7. The molecule has 46 heavy (non-hydrogen) atoms. The van der Waals surface area contributed by atoms with Gasteiger partial charge in [0, 0.05) is 55.7 Å². The molecular weight excluding hydrogens is 619 g/mol. The quantitative estimate of drug-likeness (QED) is 0.250. The number of methoxy groups -OCH3 is 1. The lowest BCUT2D eigenvalue weighted by molar-refractivity contribution is 0.0511. The number of aliphatic hydroxyl groups excluding tert-OH is 1. The Morgan fingerprint density at radius 1 is 1.09 bits per heavy atom. The molecule has 4 fully saturated rings. The second kappa shape index (κ2) is 12.9. The molecule has 3 N–H and O–H groups in total. The average Bonchev–Trinajstić information content (AvgIpc) is 3.71. The lowest BCUT2D eigenvalue weighted by Crippen LogP contribution is -2.55. The van der Waals surface area contributed by atoms with Crippen molar-refractivity contribution in [1.29, 1.82) is 0 Å². The van der Waals surface area contributed by atoms with Crippen molar-refractivity contribution in [2.24, 2.45) is 0 Å². The smallest absolute Gasteiger partial charge is 0.407 e. The van der Waals surface area contributed by atoms with Crippen LogP contribution in [-0.4, -0.2) is 101 Å². The van der Waals surface area contributed by atoms with Gasteiger partial charge in [-0.05, 0) is 68.6 Å². The summed E-state index contributed by atoms with van der Waals surface area (Å²) in [7, 11) is 1.52. The van der Waals surface area contributed by atoms with Gasteiger partial charge in [0.2, 0.25) is 0 Å². The molecule has 1 aromatic carbocycles. The third-order valence-corrected chi connectivity index (χ3v) is 9.87. The van der Waals surface area contributed by atoms with Crippen molar-refractivity contribution in [3.8, 4) is 23.0 Å². The van der Waals surface area contributed by atoms with Crippen molar-refractivity contribution in [3.63, 3.8) is 0 Å². The molecule has 4 aliphatic rings. The minimum absolute atomic E-state index is 0.0111. The van der Waals surface area contributed by atoms with Crippen LogP contribution in [0.3, 0.4) is 0 Å². The van der Waals surface area contributed by atoms with E-state index in [4.69, 9.17) is 30.8 Å². The second-order valence-electron chi connectivity index (χ2n) is 12.6. The van der Waals surface area contributed by atoms with Crippen LogP contribution in [0.2, 0.25) is 5.02 Å². The van der Waals surface area contributed by atoms with Crippen molar-refractivity contribution >= 4 is 34.4 Å². The molecule has 5 heterocycles. The molecule has 1 aliphatic carbocycles. The summed E-state index contributed by atoms with van der Waals surface area (Å²) in [4.78, 5) is 29.5. The number of halogens is 2. The van der Waals surface area contributed by atoms with E-state index in [1.54, 1.807) is 18.3 Å². The standard InChI is InChI=1S/C32H38ClFN6O6/c1-44-16-46-22-10-23(26(17-2-3-17)25(33)11-22)28-27(34)29-24(12-35-28)30(39-13-20-6-7-21(14-39)40(20)32(42)43)38-31(37-29)45-15-19-5-4-18(36-19)8-9-41/h10-12,17-21,36,41H,2-9,13-16H2,1H3,(H,42,43)/t18-,19-,20?,21?/m0/s1. The van der Waals surface area contributed by atoms with E-state index in [0.29, 0.717) is 47.1 Å². The number of rotatable bonds is 11. The van der Waals surface area contributed by atoms with Gasteiger partial charge >= 0.3 is 12.1 Å². The first-order chi connectivity index (χ1) is 22.3. The molecule has 4 atom stereocenters. The predicted octanol–water partition coefficient (Wildman–Crippen LogP) is 4.56. The molecule has 2 aromatic heterocycles. The Hall–Kier alpha value is -3.52. The Kier molecular flexibility index (Phi) is 8.75. The maximum absolute atomic E-state index is 16.8. The number of nitrogens with zero attached hydrogens (tertiary/aromatic N) is 5. The Bertz CT molecular complexity index is 1610. The number of hydrogen-bond acceptors (Lipinski definition) is 10. The molecule has 246 valence electrons. The van der Waals surface area contributed by atoms with E-state index in [2.05, 4.69) is 15.3 Å². The summed E-state index contributed by atoms with van der Waals surface area (Å²) in [6.07, 6.45) is 6.54. The Morgan fingerprint density at radius 2 is 1.85 bits per heavy atom. The minimum Gasteiger partial charge on any atom is -0.467 e. The number of nitrogens with one attached hydrogen (secondary N) is 1. The van der Waals surface area contributed by atoms with Crippen LogP contribution in [0.15, 0.2) is 18.3 Å². The molecule has 1 amide bonds. The number of ether oxygens (including phenoxy) is 3. The maximum atomic E-state index is 16.8. The van der Waals surface area contributed by atoms with Crippen LogP contribution in [-0.2, 0) is 4.74 Å². The fraction of sp³-hybridized carbons (Fsp3) is 0.562. The fourth-order valence-corrected chi connectivity index (χ4v) is 7.65. The number of fused-ring (bicyclic) bond motifs is 3. The molecule has 3 aromatic rings. The van der Waals surface area contributed by atoms with E-state index < -0.39 is 11.9 Å². The highest BCUT2D eigenvalue weighted by atomic mass is 35.5.